The first kappa shape index (κ1) is 49.0. The molecule has 54 heavy (non-hydrogen) atoms. The van der Waals surface area contributed by atoms with E-state index in [4.69, 9.17) is 18.5 Å². The maximum Gasteiger partial charge on any atom is 0.472 e. The Kier molecular flexibility index (Phi) is 27.5. The molecule has 8 atom stereocenters. The van der Waals surface area contributed by atoms with Gasteiger partial charge in [0, 0.05) is 12.8 Å². The molecule has 13 nitrogen and oxygen atoms in total. The molecule has 0 saturated heterocycles. The molecule has 0 aromatic rings. The van der Waals surface area contributed by atoms with Crippen molar-refractivity contribution in [2.24, 2.45) is 0 Å². The summed E-state index contributed by atoms with van der Waals surface area (Å²) in [5.41, 5.74) is 0. The molecule has 1 rings (SSSR count). The van der Waals surface area contributed by atoms with Crippen LogP contribution in [0.4, 0.5) is 0 Å². The molecule has 306 valence electrons. The molecule has 14 heteroatoms. The predicted octanol–water partition coefficient (Wildman–Crippen LogP) is 5.77. The summed E-state index contributed by atoms with van der Waals surface area (Å²) in [6.45, 7) is 2.91. The highest BCUT2D eigenvalue weighted by molar-refractivity contribution is 7.47. The van der Waals surface area contributed by atoms with Crippen molar-refractivity contribution in [1.29, 1.82) is 0 Å². The number of rotatable bonds is 28. The summed E-state index contributed by atoms with van der Waals surface area (Å²) in [6, 6.07) is 0. The molecular weight excluding hydrogens is 719 g/mol. The van der Waals surface area contributed by atoms with Gasteiger partial charge in [-0.1, -0.05) is 105 Å². The largest absolute Gasteiger partial charge is 0.472 e. The number of ether oxygens (including phenoxy) is 2. The highest BCUT2D eigenvalue weighted by atomic mass is 31.2. The van der Waals surface area contributed by atoms with Crippen LogP contribution in [0.2, 0.25) is 0 Å². The van der Waals surface area contributed by atoms with Crippen molar-refractivity contribution < 1.29 is 63.1 Å². The minimum Gasteiger partial charge on any atom is -0.462 e. The van der Waals surface area contributed by atoms with Gasteiger partial charge in [0.25, 0.3) is 0 Å². The van der Waals surface area contributed by atoms with Crippen LogP contribution in [0.15, 0.2) is 85.1 Å². The Morgan fingerprint density at radius 1 is 0.593 bits per heavy atom. The van der Waals surface area contributed by atoms with Crippen LogP contribution in [0.5, 0.6) is 0 Å². The summed E-state index contributed by atoms with van der Waals surface area (Å²) in [6.07, 6.45) is 23.9. The fraction of sp³-hybridized carbons (Fsp3) is 0.600. The third kappa shape index (κ3) is 23.1. The zero-order valence-electron chi connectivity index (χ0n) is 31.7. The van der Waals surface area contributed by atoms with Crippen LogP contribution in [0.1, 0.15) is 97.3 Å². The molecule has 0 amide bonds. The lowest BCUT2D eigenvalue weighted by atomic mass is 9.85. The van der Waals surface area contributed by atoms with E-state index in [1.807, 2.05) is 42.5 Å². The van der Waals surface area contributed by atoms with Crippen LogP contribution in [-0.2, 0) is 32.7 Å². The van der Waals surface area contributed by atoms with Gasteiger partial charge in [0.05, 0.1) is 6.61 Å². The first-order chi connectivity index (χ1) is 25.9. The molecule has 0 bridgehead atoms. The normalized spacial score (nSPS) is 24.2. The smallest absolute Gasteiger partial charge is 0.462 e. The zero-order valence-corrected chi connectivity index (χ0v) is 32.6. The summed E-state index contributed by atoms with van der Waals surface area (Å²) in [5.74, 6) is -1.21. The van der Waals surface area contributed by atoms with Gasteiger partial charge in [-0.05, 0) is 64.2 Å². The molecule has 0 aliphatic heterocycles. The standard InChI is InChI=1S/C40H63O13P/c1-3-5-7-9-11-13-15-17-19-21-23-25-27-29-34(42)52-32(30-50-33(41)28-26-24-22-20-18-16-14-12-10-8-6-4-2)31-51-54(48,49)53-40-38(46)36(44)35(43)37(45)39(40)47/h5-9,11-15,17-20,32,35-40,43-47H,3-4,10,16,21-31H2,1-2H3,(H,48,49)/b7-5+,8-6+,11-9+,14-12+,15-13+,19-17+,20-18+/t32?,35?,36-,37?,38?,39?,40?/m1/s1. The van der Waals surface area contributed by atoms with Crippen molar-refractivity contribution in [1.82, 2.24) is 0 Å². The van der Waals surface area contributed by atoms with Crippen LogP contribution in [-0.4, -0.2) is 98.3 Å². The molecule has 7 unspecified atom stereocenters. The maximum absolute atomic E-state index is 12.7. The molecule has 0 heterocycles. The van der Waals surface area contributed by atoms with E-state index in [2.05, 4.69) is 56.4 Å². The van der Waals surface area contributed by atoms with Crippen LogP contribution >= 0.6 is 7.82 Å². The van der Waals surface area contributed by atoms with Crippen LogP contribution in [0.25, 0.3) is 0 Å². The Bertz CT molecular complexity index is 1270. The number of carbonyl (C=O) groups is 2. The topological polar surface area (TPSA) is 210 Å². The van der Waals surface area contributed by atoms with E-state index in [1.54, 1.807) is 0 Å². The minimum atomic E-state index is -5.13. The van der Waals surface area contributed by atoms with Crippen molar-refractivity contribution in [2.75, 3.05) is 13.2 Å². The van der Waals surface area contributed by atoms with Crippen molar-refractivity contribution in [3.8, 4) is 0 Å². The number of phosphoric acid groups is 1. The van der Waals surface area contributed by atoms with Gasteiger partial charge in [0.2, 0.25) is 0 Å². The molecule has 1 aliphatic rings. The number of allylic oxidation sites excluding steroid dienone is 14. The number of aliphatic hydroxyl groups excluding tert-OH is 5. The minimum absolute atomic E-state index is 0.0369. The van der Waals surface area contributed by atoms with E-state index in [0.717, 1.165) is 57.8 Å². The molecular formula is C40H63O13P. The third-order valence-electron chi connectivity index (χ3n) is 8.08. The quantitative estimate of drug-likeness (QED) is 0.0183. The van der Waals surface area contributed by atoms with E-state index in [0.29, 0.717) is 12.8 Å². The van der Waals surface area contributed by atoms with Crippen molar-refractivity contribution >= 4 is 19.8 Å². The molecule has 0 aromatic heterocycles. The highest BCUT2D eigenvalue weighted by Crippen LogP contribution is 2.47. The summed E-state index contributed by atoms with van der Waals surface area (Å²) in [4.78, 5) is 35.4. The first-order valence-corrected chi connectivity index (χ1v) is 20.4. The predicted molar refractivity (Wildman–Crippen MR) is 207 cm³/mol. The lowest BCUT2D eigenvalue weighted by Gasteiger charge is -2.41. The van der Waals surface area contributed by atoms with E-state index in [1.165, 1.54) is 0 Å². The average Bonchev–Trinajstić information content (AvgIpc) is 3.15. The monoisotopic (exact) mass is 782 g/mol. The highest BCUT2D eigenvalue weighted by Gasteiger charge is 2.51. The van der Waals surface area contributed by atoms with Crippen molar-refractivity contribution in [3.63, 3.8) is 0 Å². The summed E-state index contributed by atoms with van der Waals surface area (Å²) < 4.78 is 33.2. The van der Waals surface area contributed by atoms with Crippen LogP contribution < -0.4 is 0 Å². The van der Waals surface area contributed by atoms with Gasteiger partial charge in [0.1, 0.15) is 43.2 Å². The van der Waals surface area contributed by atoms with Gasteiger partial charge in [-0.25, -0.2) is 4.57 Å². The molecule has 0 aromatic carbocycles. The molecule has 6 N–H and O–H groups in total. The Balaban J connectivity index is 2.63. The van der Waals surface area contributed by atoms with Crippen molar-refractivity contribution in [3.05, 3.63) is 85.1 Å². The van der Waals surface area contributed by atoms with Gasteiger partial charge in [0.15, 0.2) is 6.10 Å². The number of aliphatic hydroxyl groups is 5. The summed E-state index contributed by atoms with van der Waals surface area (Å²) in [5, 5.41) is 49.9. The summed E-state index contributed by atoms with van der Waals surface area (Å²) >= 11 is 0. The molecule has 1 fully saturated rings. The second kappa shape index (κ2) is 30.3. The van der Waals surface area contributed by atoms with E-state index in [-0.39, 0.29) is 12.8 Å². The Morgan fingerprint density at radius 3 is 1.74 bits per heavy atom. The average molecular weight is 783 g/mol. The van der Waals surface area contributed by atoms with Gasteiger partial charge in [-0.15, -0.1) is 0 Å². The Hall–Kier alpha value is -2.97. The Morgan fingerprint density at radius 2 is 1.09 bits per heavy atom. The van der Waals surface area contributed by atoms with Crippen LogP contribution in [0.3, 0.4) is 0 Å². The Labute approximate surface area is 320 Å². The number of esters is 2. The van der Waals surface area contributed by atoms with Gasteiger partial charge < -0.3 is 39.9 Å². The fourth-order valence-corrected chi connectivity index (χ4v) is 5.99. The second-order valence-corrected chi connectivity index (χ2v) is 14.2. The molecule has 0 radical (unpaired) electrons. The van der Waals surface area contributed by atoms with Gasteiger partial charge in [-0.2, -0.15) is 0 Å². The fourth-order valence-electron chi connectivity index (χ4n) is 5.01. The van der Waals surface area contributed by atoms with Gasteiger partial charge in [-0.3, -0.25) is 18.6 Å². The molecule has 1 saturated carbocycles. The third-order valence-corrected chi connectivity index (χ3v) is 9.06. The van der Waals surface area contributed by atoms with Crippen LogP contribution in [0, 0.1) is 0 Å². The first-order valence-electron chi connectivity index (χ1n) is 18.9. The summed E-state index contributed by atoms with van der Waals surface area (Å²) in [7, 11) is -5.13. The SMILES string of the molecule is CC/C=C/C=C/C=C/C=C/CCCCCC(=O)OC(COC(=O)CCCC/C=C/C/C=C/C/C=C/CC)COP(=O)(O)OC1C(O)C(O)C(O)[C@@H](O)C1O. The van der Waals surface area contributed by atoms with Gasteiger partial charge >= 0.3 is 19.8 Å². The second-order valence-electron chi connectivity index (χ2n) is 12.8. The van der Waals surface area contributed by atoms with E-state index < -0.39 is 75.7 Å². The zero-order chi connectivity index (χ0) is 40.0. The number of carbonyl (C=O) groups excluding carboxylic acids is 2. The lowest BCUT2D eigenvalue weighted by Crippen LogP contribution is -2.64. The number of hydrogen-bond donors (Lipinski definition) is 6. The number of phosphoric ester groups is 1. The van der Waals surface area contributed by atoms with E-state index >= 15 is 0 Å². The lowest BCUT2D eigenvalue weighted by molar-refractivity contribution is -0.220. The number of unbranched alkanes of at least 4 members (excludes halogenated alkanes) is 5. The van der Waals surface area contributed by atoms with Crippen molar-refractivity contribution in [2.45, 2.75) is 140 Å². The molecule has 0 spiro atoms. The van der Waals surface area contributed by atoms with E-state index in [9.17, 15) is 44.6 Å². The molecule has 1 aliphatic carbocycles. The maximum atomic E-state index is 12.7. The number of hydrogen-bond acceptors (Lipinski definition) is 12.